The molecule has 1 aromatic carbocycles. The minimum atomic E-state index is -0.283. The molecule has 2 rings (SSSR count). The molecule has 0 heterocycles. The molecule has 116 valence electrons. The Kier molecular flexibility index (Phi) is 5.21. The van der Waals surface area contributed by atoms with Gasteiger partial charge in [0.2, 0.25) is 0 Å². The zero-order valence-corrected chi connectivity index (χ0v) is 14.0. The molecule has 0 aliphatic heterocycles. The van der Waals surface area contributed by atoms with Gasteiger partial charge in [-0.2, -0.15) is 0 Å². The lowest BCUT2D eigenvalue weighted by molar-refractivity contribution is 0.0564. The van der Waals surface area contributed by atoms with Gasteiger partial charge in [-0.25, -0.2) is 0 Å². The lowest BCUT2D eigenvalue weighted by atomic mass is 9.75. The fourth-order valence-corrected chi connectivity index (χ4v) is 3.59. The molecule has 1 aliphatic rings. The van der Waals surface area contributed by atoms with E-state index in [0.29, 0.717) is 11.7 Å². The molecule has 21 heavy (non-hydrogen) atoms. The topological polar surface area (TPSA) is 20.3 Å². The Morgan fingerprint density at radius 2 is 1.86 bits per heavy atom. The molecule has 2 nitrogen and oxygen atoms in total. The van der Waals surface area contributed by atoms with Crippen LogP contribution in [-0.2, 0) is 6.42 Å². The summed E-state index contributed by atoms with van der Waals surface area (Å²) >= 11 is 0. The smallest absolute Gasteiger partial charge is 0.183 e. The first kappa shape index (κ1) is 16.2. The second-order valence-electron chi connectivity index (χ2n) is 7.11. The number of likely N-dealkylation sites (N-methyl/N-ethyl adjacent to an activating group) is 1. The van der Waals surface area contributed by atoms with E-state index >= 15 is 0 Å². The van der Waals surface area contributed by atoms with Crippen LogP contribution in [0.1, 0.15) is 61.9 Å². The number of ketones is 1. The summed E-state index contributed by atoms with van der Waals surface area (Å²) in [5.74, 6) is 0.936. The van der Waals surface area contributed by atoms with Gasteiger partial charge in [-0.05, 0) is 50.9 Å². The molecule has 2 heteroatoms. The Bertz CT molecular complexity index is 484. The largest absolute Gasteiger partial charge is 0.297 e. The Morgan fingerprint density at radius 3 is 2.43 bits per heavy atom. The van der Waals surface area contributed by atoms with E-state index in [2.05, 4.69) is 45.0 Å². The lowest BCUT2D eigenvalue weighted by Gasteiger charge is -2.41. The minimum Gasteiger partial charge on any atom is -0.297 e. The predicted octanol–water partition coefficient (Wildman–Crippen LogP) is 4.33. The highest BCUT2D eigenvalue weighted by molar-refractivity contribution is 6.03. The van der Waals surface area contributed by atoms with E-state index in [9.17, 15) is 4.79 Å². The number of hydrogen-bond acceptors (Lipinski definition) is 2. The van der Waals surface area contributed by atoms with Crippen LogP contribution in [0.2, 0.25) is 0 Å². The molecule has 1 saturated carbocycles. The first-order valence-electron chi connectivity index (χ1n) is 8.27. The van der Waals surface area contributed by atoms with Crippen molar-refractivity contribution in [1.82, 2.24) is 4.90 Å². The Morgan fingerprint density at radius 1 is 1.19 bits per heavy atom. The number of carbonyl (C=O) groups excluding carboxylic acids is 1. The van der Waals surface area contributed by atoms with E-state index in [1.165, 1.54) is 12.0 Å². The highest BCUT2D eigenvalue weighted by atomic mass is 16.1. The van der Waals surface area contributed by atoms with Crippen molar-refractivity contribution in [2.75, 3.05) is 14.1 Å². The van der Waals surface area contributed by atoms with Crippen LogP contribution in [0.15, 0.2) is 24.3 Å². The number of Topliss-reactive ketones (excluding diaryl/α,β-unsaturated/α-hetero) is 1. The summed E-state index contributed by atoms with van der Waals surface area (Å²) in [6.45, 7) is 4.44. The van der Waals surface area contributed by atoms with E-state index in [4.69, 9.17) is 0 Å². The molecule has 0 atom stereocenters. The van der Waals surface area contributed by atoms with Gasteiger partial charge in [0.1, 0.15) is 0 Å². The number of hydrogen-bond donors (Lipinski definition) is 0. The average Bonchev–Trinajstić information content (AvgIpc) is 2.46. The molecule has 0 unspecified atom stereocenters. The molecular formula is C19H29NO. The average molecular weight is 287 g/mol. The van der Waals surface area contributed by atoms with E-state index < -0.39 is 0 Å². The van der Waals surface area contributed by atoms with Gasteiger partial charge in [0.05, 0.1) is 5.54 Å². The van der Waals surface area contributed by atoms with E-state index in [-0.39, 0.29) is 5.54 Å². The summed E-state index contributed by atoms with van der Waals surface area (Å²) in [5.41, 5.74) is 1.89. The molecule has 0 spiro atoms. The summed E-state index contributed by atoms with van der Waals surface area (Å²) in [6.07, 6.45) is 6.61. The molecule has 0 saturated heterocycles. The van der Waals surface area contributed by atoms with E-state index in [1.807, 2.05) is 12.1 Å². The summed E-state index contributed by atoms with van der Waals surface area (Å²) in [7, 11) is 4.11. The third kappa shape index (κ3) is 3.55. The summed E-state index contributed by atoms with van der Waals surface area (Å²) in [4.78, 5) is 15.3. The van der Waals surface area contributed by atoms with Crippen molar-refractivity contribution in [3.05, 3.63) is 35.4 Å². The van der Waals surface area contributed by atoms with Crippen molar-refractivity contribution in [3.63, 3.8) is 0 Å². The van der Waals surface area contributed by atoms with Crippen LogP contribution in [0, 0.1) is 5.92 Å². The van der Waals surface area contributed by atoms with Crippen molar-refractivity contribution in [2.24, 2.45) is 5.92 Å². The molecule has 1 fully saturated rings. The SMILES string of the molecule is CC(C)Cc1cccc(C(=O)C2(N(C)C)CCCCC2)c1. The van der Waals surface area contributed by atoms with Gasteiger partial charge in [-0.1, -0.05) is 51.3 Å². The molecular weight excluding hydrogens is 258 g/mol. The standard InChI is InChI=1S/C19H29NO/c1-15(2)13-16-9-8-10-17(14-16)18(21)19(20(3)4)11-6-5-7-12-19/h8-10,14-15H,5-7,11-13H2,1-4H3. The van der Waals surface area contributed by atoms with Crippen LogP contribution in [0.3, 0.4) is 0 Å². The zero-order valence-electron chi connectivity index (χ0n) is 14.0. The second kappa shape index (κ2) is 6.74. The number of rotatable bonds is 5. The van der Waals surface area contributed by atoms with Gasteiger partial charge in [0.15, 0.2) is 5.78 Å². The first-order chi connectivity index (χ1) is 9.95. The zero-order chi connectivity index (χ0) is 15.5. The number of carbonyl (C=O) groups is 1. The third-order valence-electron chi connectivity index (χ3n) is 4.79. The molecule has 0 bridgehead atoms. The maximum Gasteiger partial charge on any atom is 0.183 e. The summed E-state index contributed by atoms with van der Waals surface area (Å²) in [6, 6.07) is 8.28. The summed E-state index contributed by atoms with van der Waals surface area (Å²) in [5, 5.41) is 0. The van der Waals surface area contributed by atoms with E-state index in [1.54, 1.807) is 0 Å². The fourth-order valence-electron chi connectivity index (χ4n) is 3.59. The van der Waals surface area contributed by atoms with Crippen LogP contribution < -0.4 is 0 Å². The third-order valence-corrected chi connectivity index (χ3v) is 4.79. The normalized spacial score (nSPS) is 18.2. The highest BCUT2D eigenvalue weighted by Gasteiger charge is 2.41. The van der Waals surface area contributed by atoms with Crippen molar-refractivity contribution in [1.29, 1.82) is 0 Å². The van der Waals surface area contributed by atoms with Gasteiger partial charge in [-0.3, -0.25) is 9.69 Å². The minimum absolute atomic E-state index is 0.283. The molecule has 0 amide bonds. The Balaban J connectivity index is 2.28. The number of benzene rings is 1. The lowest BCUT2D eigenvalue weighted by Crippen LogP contribution is -2.52. The first-order valence-corrected chi connectivity index (χ1v) is 8.27. The Hall–Kier alpha value is -1.15. The second-order valence-corrected chi connectivity index (χ2v) is 7.11. The maximum absolute atomic E-state index is 13.2. The van der Waals surface area contributed by atoms with Crippen molar-refractivity contribution in [3.8, 4) is 0 Å². The maximum atomic E-state index is 13.2. The molecule has 1 aliphatic carbocycles. The van der Waals surface area contributed by atoms with Crippen LogP contribution in [0.4, 0.5) is 0 Å². The Labute approximate surface area is 129 Å². The van der Waals surface area contributed by atoms with Gasteiger partial charge in [-0.15, -0.1) is 0 Å². The van der Waals surface area contributed by atoms with Crippen LogP contribution in [0.25, 0.3) is 0 Å². The quantitative estimate of drug-likeness (QED) is 0.751. The number of nitrogens with zero attached hydrogens (tertiary/aromatic N) is 1. The molecule has 0 radical (unpaired) electrons. The molecule has 0 N–H and O–H groups in total. The highest BCUT2D eigenvalue weighted by Crippen LogP contribution is 2.35. The molecule has 0 aromatic heterocycles. The fraction of sp³-hybridized carbons (Fsp3) is 0.632. The van der Waals surface area contributed by atoms with Crippen LogP contribution in [0.5, 0.6) is 0 Å². The monoisotopic (exact) mass is 287 g/mol. The van der Waals surface area contributed by atoms with E-state index in [0.717, 1.165) is 37.7 Å². The molecule has 1 aromatic rings. The van der Waals surface area contributed by atoms with Crippen molar-refractivity contribution in [2.45, 2.75) is 57.9 Å². The van der Waals surface area contributed by atoms with Crippen LogP contribution in [-0.4, -0.2) is 30.3 Å². The van der Waals surface area contributed by atoms with Crippen LogP contribution >= 0.6 is 0 Å². The van der Waals surface area contributed by atoms with Gasteiger partial charge < -0.3 is 0 Å². The van der Waals surface area contributed by atoms with Gasteiger partial charge in [0, 0.05) is 5.56 Å². The van der Waals surface area contributed by atoms with Gasteiger partial charge in [0.25, 0.3) is 0 Å². The van der Waals surface area contributed by atoms with Crippen molar-refractivity contribution < 1.29 is 4.79 Å². The summed E-state index contributed by atoms with van der Waals surface area (Å²) < 4.78 is 0. The van der Waals surface area contributed by atoms with Crippen molar-refractivity contribution >= 4 is 5.78 Å². The predicted molar refractivity (Wildman–Crippen MR) is 88.8 cm³/mol. The van der Waals surface area contributed by atoms with Gasteiger partial charge >= 0.3 is 0 Å².